The number of nitrogens with zero attached hydrogens (tertiary/aromatic N) is 4. The van der Waals surface area contributed by atoms with Gasteiger partial charge in [0.2, 0.25) is 11.6 Å². The molecule has 3 N–H and O–H groups in total. The second kappa shape index (κ2) is 11.8. The summed E-state index contributed by atoms with van der Waals surface area (Å²) in [7, 11) is 0. The van der Waals surface area contributed by atoms with Crippen molar-refractivity contribution in [2.75, 3.05) is 19.6 Å². The zero-order valence-corrected chi connectivity index (χ0v) is 23.1. The lowest BCUT2D eigenvalue weighted by Gasteiger charge is -2.39. The monoisotopic (exact) mass is 535 g/mol. The minimum Gasteiger partial charge on any atom is -0.361 e. The van der Waals surface area contributed by atoms with E-state index in [1.54, 1.807) is 23.1 Å². The maximum atomic E-state index is 13.3. The highest BCUT2D eigenvalue weighted by Crippen LogP contribution is 2.23. The lowest BCUT2D eigenvalue weighted by Crippen LogP contribution is -2.55. The normalized spacial score (nSPS) is 16.2. The zero-order valence-electron chi connectivity index (χ0n) is 23.1. The summed E-state index contributed by atoms with van der Waals surface area (Å²) in [6.45, 7) is 11.0. The van der Waals surface area contributed by atoms with E-state index < -0.39 is 0 Å². The van der Waals surface area contributed by atoms with Crippen molar-refractivity contribution in [2.24, 2.45) is 5.92 Å². The molecule has 2 amide bonds. The molecule has 10 heteroatoms. The molecule has 39 heavy (non-hydrogen) atoms. The van der Waals surface area contributed by atoms with Crippen LogP contribution < -0.4 is 5.41 Å². The Bertz CT molecular complexity index is 1370. The summed E-state index contributed by atoms with van der Waals surface area (Å²) >= 11 is 0. The first kappa shape index (κ1) is 27.9. The van der Waals surface area contributed by atoms with Crippen LogP contribution in [0.15, 0.2) is 41.1 Å². The number of aryl methyl sites for hydroxylation is 2. The van der Waals surface area contributed by atoms with Crippen LogP contribution in [0.3, 0.4) is 0 Å². The molecule has 1 aromatic carbocycles. The van der Waals surface area contributed by atoms with Gasteiger partial charge in [0.25, 0.3) is 5.91 Å². The van der Waals surface area contributed by atoms with Crippen molar-refractivity contribution in [1.29, 1.82) is 0 Å². The molecule has 0 aliphatic carbocycles. The maximum absolute atomic E-state index is 13.3. The molecule has 0 unspecified atom stereocenters. The molecule has 1 aliphatic heterocycles. The van der Waals surface area contributed by atoms with Crippen LogP contribution in [0.4, 0.5) is 4.39 Å². The van der Waals surface area contributed by atoms with Gasteiger partial charge in [-0.3, -0.25) is 15.0 Å². The lowest BCUT2D eigenvalue weighted by molar-refractivity contribution is -0.135. The van der Waals surface area contributed by atoms with E-state index in [2.05, 4.69) is 15.1 Å². The molecular weight excluding hydrogens is 499 g/mol. The third-order valence-electron chi connectivity index (χ3n) is 7.20. The molecular formula is C29H36FN6O3+. The molecule has 1 atom stereocenters. The van der Waals surface area contributed by atoms with Gasteiger partial charge in [0.1, 0.15) is 23.1 Å². The topological polar surface area (TPSA) is 121 Å². The number of allylic oxidation sites excluding steroid dienone is 2. The highest BCUT2D eigenvalue weighted by Gasteiger charge is 2.31. The van der Waals surface area contributed by atoms with Crippen LogP contribution in [-0.4, -0.2) is 68.1 Å². The fourth-order valence-corrected chi connectivity index (χ4v) is 4.90. The summed E-state index contributed by atoms with van der Waals surface area (Å²) in [5.41, 5.74) is 4.18. The molecule has 206 valence electrons. The van der Waals surface area contributed by atoms with E-state index in [-0.39, 0.29) is 29.6 Å². The Balaban J connectivity index is 1.39. The van der Waals surface area contributed by atoms with Crippen molar-refractivity contribution in [3.05, 3.63) is 76.5 Å². The predicted molar refractivity (Wildman–Crippen MR) is 145 cm³/mol. The van der Waals surface area contributed by atoms with E-state index in [0.717, 1.165) is 22.6 Å². The van der Waals surface area contributed by atoms with E-state index in [1.165, 1.54) is 18.3 Å². The van der Waals surface area contributed by atoms with Crippen LogP contribution in [0.5, 0.6) is 0 Å². The number of halogens is 1. The fraction of sp³-hybridized carbons (Fsp3) is 0.414. The van der Waals surface area contributed by atoms with Crippen LogP contribution in [0.25, 0.3) is 5.57 Å². The predicted octanol–water partition coefficient (Wildman–Crippen LogP) is 2.75. The van der Waals surface area contributed by atoms with Crippen molar-refractivity contribution >= 4 is 23.1 Å². The number of carbonyl (C=O) groups excluding carboxylic acids is 2. The van der Waals surface area contributed by atoms with Gasteiger partial charge in [-0.2, -0.15) is 0 Å². The number of nitrogens with one attached hydrogen (secondary N) is 1. The molecule has 1 fully saturated rings. The van der Waals surface area contributed by atoms with Crippen molar-refractivity contribution in [2.45, 2.75) is 53.5 Å². The lowest BCUT2D eigenvalue weighted by atomic mass is 9.98. The Kier molecular flexibility index (Phi) is 8.42. The van der Waals surface area contributed by atoms with Crippen molar-refractivity contribution in [1.82, 2.24) is 24.9 Å². The van der Waals surface area contributed by atoms with Gasteiger partial charge in [-0.15, -0.1) is 0 Å². The highest BCUT2D eigenvalue weighted by molar-refractivity contribution is 6.08. The van der Waals surface area contributed by atoms with Gasteiger partial charge in [0.05, 0.1) is 11.9 Å². The van der Waals surface area contributed by atoms with Gasteiger partial charge < -0.3 is 19.3 Å². The number of benzene rings is 1. The van der Waals surface area contributed by atoms with Crippen molar-refractivity contribution in [3.63, 3.8) is 0 Å². The minimum absolute atomic E-state index is 0.0557. The molecule has 0 radical (unpaired) electrons. The average molecular weight is 536 g/mol. The molecule has 1 saturated heterocycles. The average Bonchev–Trinajstić information content (AvgIpc) is 3.51. The van der Waals surface area contributed by atoms with E-state index in [9.17, 15) is 14.0 Å². The fourth-order valence-electron chi connectivity index (χ4n) is 4.90. The number of nitrogens with two attached hydrogens (primary N) is 1. The first-order valence-corrected chi connectivity index (χ1v) is 13.2. The van der Waals surface area contributed by atoms with Gasteiger partial charge in [0.15, 0.2) is 0 Å². The number of aromatic nitrogens is 3. The summed E-state index contributed by atoms with van der Waals surface area (Å²) in [5, 5.41) is 10.2. The van der Waals surface area contributed by atoms with Gasteiger partial charge in [-0.1, -0.05) is 19.0 Å². The molecule has 0 saturated carbocycles. The Morgan fingerprint density at radius 2 is 1.95 bits per heavy atom. The largest absolute Gasteiger partial charge is 0.361 e. The second-order valence-electron chi connectivity index (χ2n) is 10.4. The smallest absolute Gasteiger partial charge is 0.272 e. The molecule has 0 spiro atoms. The third-order valence-corrected chi connectivity index (χ3v) is 7.20. The number of hydrogen-bond acceptors (Lipinski definition) is 5. The van der Waals surface area contributed by atoms with Gasteiger partial charge in [-0.05, 0) is 57.4 Å². The van der Waals surface area contributed by atoms with E-state index in [1.807, 2.05) is 39.5 Å². The molecule has 3 heterocycles. The van der Waals surface area contributed by atoms with E-state index in [0.29, 0.717) is 55.3 Å². The Hall–Kier alpha value is -4.08. The van der Waals surface area contributed by atoms with Crippen LogP contribution in [0, 0.1) is 25.6 Å². The minimum atomic E-state index is -0.328. The van der Waals surface area contributed by atoms with Crippen LogP contribution in [-0.2, 0) is 11.2 Å². The Morgan fingerprint density at radius 1 is 1.23 bits per heavy atom. The number of H-pyrrole nitrogens is 1. The number of piperazine rings is 1. The number of hydrogen-bond donors (Lipinski definition) is 2. The number of imidazole rings is 1. The Labute approximate surface area is 227 Å². The molecule has 3 aromatic rings. The van der Waals surface area contributed by atoms with Gasteiger partial charge >= 0.3 is 0 Å². The molecule has 2 aromatic heterocycles. The van der Waals surface area contributed by atoms with Gasteiger partial charge in [-0.25, -0.2) is 9.37 Å². The number of rotatable bonds is 8. The summed E-state index contributed by atoms with van der Waals surface area (Å²) in [5.74, 6) is 0.930. The number of carbonyl (C=O) groups is 2. The number of amides is 2. The SMILES string of the molecule is Cc1noc(C)c1CCC(=O)N1CCN(C(=O)c2cnc(/C(=C\C(=[NH2+])c3ccc(F)cc3)C(C)C)[nH]2)C[C@@H]1C. The van der Waals surface area contributed by atoms with Crippen LogP contribution in [0.2, 0.25) is 0 Å². The molecule has 0 bridgehead atoms. The van der Waals surface area contributed by atoms with Crippen molar-refractivity contribution in [3.8, 4) is 0 Å². The van der Waals surface area contributed by atoms with Crippen LogP contribution in [0.1, 0.15) is 66.1 Å². The maximum Gasteiger partial charge on any atom is 0.272 e. The first-order chi connectivity index (χ1) is 18.5. The molecule has 1 aliphatic rings. The first-order valence-electron chi connectivity index (χ1n) is 13.2. The van der Waals surface area contributed by atoms with Crippen molar-refractivity contribution < 1.29 is 23.9 Å². The van der Waals surface area contributed by atoms with E-state index >= 15 is 0 Å². The summed E-state index contributed by atoms with van der Waals surface area (Å²) < 4.78 is 18.5. The zero-order chi connectivity index (χ0) is 28.3. The summed E-state index contributed by atoms with van der Waals surface area (Å²) in [4.78, 5) is 37.5. The molecule has 9 nitrogen and oxygen atoms in total. The standard InChI is InChI=1S/C29H35FN6O3/c1-17(2)24(14-25(31)21-6-8-22(30)9-7-21)28-32-15-26(33-28)29(38)35-12-13-36(18(3)16-35)27(37)11-10-23-19(4)34-39-20(23)5/h6-9,14-15,17-18,31H,10-13,16H2,1-5H3,(H,32,33)/p+1/b24-14-,31-25?/t18-/m0/s1. The quantitative estimate of drug-likeness (QED) is 0.430. The third kappa shape index (κ3) is 6.32. The second-order valence-corrected chi connectivity index (χ2v) is 10.4. The summed E-state index contributed by atoms with van der Waals surface area (Å²) in [6, 6.07) is 5.86. The summed E-state index contributed by atoms with van der Waals surface area (Å²) in [6.07, 6.45) is 4.29. The van der Waals surface area contributed by atoms with Gasteiger partial charge in [0, 0.05) is 54.9 Å². The Morgan fingerprint density at radius 3 is 2.56 bits per heavy atom. The molecule has 4 rings (SSSR count). The van der Waals surface area contributed by atoms with Crippen LogP contribution >= 0.6 is 0 Å². The van der Waals surface area contributed by atoms with E-state index in [4.69, 9.17) is 9.93 Å². The highest BCUT2D eigenvalue weighted by atomic mass is 19.1. The number of aromatic amines is 1.